The van der Waals surface area contributed by atoms with Gasteiger partial charge in [-0.1, -0.05) is 0 Å². The fourth-order valence-corrected chi connectivity index (χ4v) is 18.5. The number of carboxylic acid groups (broad SMARTS) is 1. The van der Waals surface area contributed by atoms with Gasteiger partial charge in [-0.25, -0.2) is 0 Å². The van der Waals surface area contributed by atoms with Gasteiger partial charge >= 0.3 is 159 Å². The van der Waals surface area contributed by atoms with Crippen LogP contribution in [0.2, 0.25) is 13.3 Å². The molecule has 0 heterocycles. The fourth-order valence-electron chi connectivity index (χ4n) is 3.56. The molecule has 2 N–H and O–H groups in total. The summed E-state index contributed by atoms with van der Waals surface area (Å²) < 4.78 is 7.67. The zero-order chi connectivity index (χ0) is 18.5. The first-order valence-corrected chi connectivity index (χ1v) is 17.6. The molecule has 4 heteroatoms. The van der Waals surface area contributed by atoms with Gasteiger partial charge in [0.1, 0.15) is 0 Å². The number of hydrogen-bond acceptors (Lipinski definition) is 2. The third-order valence-electron chi connectivity index (χ3n) is 5.09. The van der Waals surface area contributed by atoms with Crippen molar-refractivity contribution in [2.24, 2.45) is 0 Å². The van der Waals surface area contributed by atoms with Crippen molar-refractivity contribution in [1.29, 1.82) is 0 Å². The van der Waals surface area contributed by atoms with Gasteiger partial charge in [-0.05, 0) is 0 Å². The number of benzene rings is 1. The quantitative estimate of drug-likeness (QED) is 0.359. The minimum atomic E-state index is -2.65. The third kappa shape index (κ3) is 8.58. The molecule has 0 spiro atoms. The second kappa shape index (κ2) is 12.7. The Morgan fingerprint density at radius 2 is 1.44 bits per heavy atom. The molecule has 0 unspecified atom stereocenters. The van der Waals surface area contributed by atoms with Crippen molar-refractivity contribution in [3.05, 3.63) is 35.9 Å². The second-order valence-electron chi connectivity index (χ2n) is 7.32. The first kappa shape index (κ1) is 22.5. The van der Waals surface area contributed by atoms with Crippen LogP contribution in [-0.4, -0.2) is 35.8 Å². The van der Waals surface area contributed by atoms with Gasteiger partial charge in [0.25, 0.3) is 0 Å². The first-order valence-electron chi connectivity index (χ1n) is 10.1. The summed E-state index contributed by atoms with van der Waals surface area (Å²) in [5.74, 6) is -0.686. The number of unbranched alkanes of at least 4 members (excludes halogenated alkanes) is 3. The number of carbonyl (C=O) groups is 1. The molecule has 0 fully saturated rings. The van der Waals surface area contributed by atoms with Crippen LogP contribution in [0.25, 0.3) is 0 Å². The Hall–Kier alpha value is -0.551. The summed E-state index contributed by atoms with van der Waals surface area (Å²) in [7, 11) is 0. The Bertz CT molecular complexity index is 456. The molecular weight excluding hydrogens is 417 g/mol. The van der Waals surface area contributed by atoms with E-state index in [-0.39, 0.29) is 0 Å². The van der Waals surface area contributed by atoms with E-state index in [9.17, 15) is 9.90 Å². The topological polar surface area (TPSA) is 49.3 Å². The summed E-state index contributed by atoms with van der Waals surface area (Å²) in [6.45, 7) is 6.73. The zero-order valence-corrected chi connectivity index (χ0v) is 19.2. The second-order valence-corrected chi connectivity index (χ2v) is 19.7. The van der Waals surface area contributed by atoms with Crippen LogP contribution >= 0.6 is 0 Å². The molecule has 0 aliphatic carbocycles. The molecular formula is C21H37NO2Sn. The van der Waals surface area contributed by atoms with Crippen LogP contribution in [0.5, 0.6) is 0 Å². The van der Waals surface area contributed by atoms with Crippen molar-refractivity contribution in [1.82, 2.24) is 3.54 Å². The monoisotopic (exact) mass is 455 g/mol. The molecule has 3 nitrogen and oxygen atoms in total. The summed E-state index contributed by atoms with van der Waals surface area (Å²) in [4.78, 5) is 12.0. The van der Waals surface area contributed by atoms with Crippen molar-refractivity contribution in [3.63, 3.8) is 0 Å². The zero-order valence-electron chi connectivity index (χ0n) is 16.4. The molecule has 1 rings (SSSR count). The number of rotatable bonds is 14. The maximum absolute atomic E-state index is 12.0. The normalized spacial score (nSPS) is 12.9. The van der Waals surface area contributed by atoms with E-state index in [1.165, 1.54) is 51.8 Å². The van der Waals surface area contributed by atoms with Gasteiger partial charge in [0, 0.05) is 0 Å². The van der Waals surface area contributed by atoms with Crippen LogP contribution in [0.4, 0.5) is 0 Å². The Kier molecular flexibility index (Phi) is 11.5. The number of hydrogen-bond donors (Lipinski definition) is 2. The van der Waals surface area contributed by atoms with Crippen LogP contribution in [0.3, 0.4) is 0 Å². The molecule has 0 saturated carbocycles. The van der Waals surface area contributed by atoms with E-state index in [2.05, 4.69) is 24.3 Å². The molecule has 1 aromatic rings. The van der Waals surface area contributed by atoms with Gasteiger partial charge in [0.2, 0.25) is 0 Å². The van der Waals surface area contributed by atoms with Crippen molar-refractivity contribution in [3.8, 4) is 0 Å². The molecule has 1 atom stereocenters. The summed E-state index contributed by atoms with van der Waals surface area (Å²) in [6, 6.07) is 9.63. The van der Waals surface area contributed by atoms with E-state index in [4.69, 9.17) is 0 Å². The van der Waals surface area contributed by atoms with Gasteiger partial charge in [-0.15, -0.1) is 0 Å². The van der Waals surface area contributed by atoms with Crippen molar-refractivity contribution >= 4 is 24.6 Å². The van der Waals surface area contributed by atoms with Crippen molar-refractivity contribution in [2.75, 3.05) is 0 Å². The molecule has 0 aromatic heterocycles. The fraction of sp³-hybridized carbons (Fsp3) is 0.667. The third-order valence-corrected chi connectivity index (χ3v) is 19.1. The summed E-state index contributed by atoms with van der Waals surface area (Å²) in [5, 5.41) is 9.85. The average Bonchev–Trinajstić information content (AvgIpc) is 2.63. The van der Waals surface area contributed by atoms with Gasteiger partial charge in [0.05, 0.1) is 0 Å². The van der Waals surface area contributed by atoms with Crippen LogP contribution in [-0.2, 0) is 11.2 Å². The van der Waals surface area contributed by atoms with Crippen LogP contribution < -0.4 is 3.54 Å². The molecule has 0 amide bonds. The summed E-state index contributed by atoms with van der Waals surface area (Å²) >= 11 is -2.65. The Morgan fingerprint density at radius 3 is 1.84 bits per heavy atom. The molecule has 0 aliphatic rings. The Balaban J connectivity index is 2.95. The molecule has 0 aliphatic heterocycles. The molecule has 1 aromatic carbocycles. The van der Waals surface area contributed by atoms with E-state index < -0.39 is 30.7 Å². The predicted octanol–water partition coefficient (Wildman–Crippen LogP) is 5.62. The van der Waals surface area contributed by atoms with E-state index >= 15 is 0 Å². The van der Waals surface area contributed by atoms with E-state index in [1.54, 1.807) is 0 Å². The summed E-state index contributed by atoms with van der Waals surface area (Å²) in [5.41, 5.74) is 1.11. The first-order chi connectivity index (χ1) is 12.1. The molecule has 0 radical (unpaired) electrons. The SMILES string of the molecule is CCC[CH2][Sn]([CH2]CCC)([CH2]CCC)[NH][C@@H](Cc1ccccc1)C(=O)O. The van der Waals surface area contributed by atoms with E-state index in [0.717, 1.165) is 5.56 Å². The number of carboxylic acids is 1. The molecule has 25 heavy (non-hydrogen) atoms. The van der Waals surface area contributed by atoms with E-state index in [1.807, 2.05) is 30.3 Å². The standard InChI is InChI=1S/C9H10NO2.3C4H9.Sn/c10-8(9(11)12)6-7-4-2-1-3-5-7;3*1-3-4-2;/h1-5,8,10H,6H2,(H,11,12);3*1,3-4H2,2H3;/q-1;;;;+1/t8-;;;;/m0..../s1. The van der Waals surface area contributed by atoms with Gasteiger partial charge in [-0.3, -0.25) is 0 Å². The van der Waals surface area contributed by atoms with Gasteiger partial charge in [-0.2, -0.15) is 0 Å². The molecule has 0 bridgehead atoms. The van der Waals surface area contributed by atoms with Crippen LogP contribution in [0.1, 0.15) is 64.9 Å². The van der Waals surface area contributed by atoms with E-state index in [0.29, 0.717) is 6.42 Å². The van der Waals surface area contributed by atoms with Crippen molar-refractivity contribution in [2.45, 2.75) is 85.1 Å². The number of nitrogens with one attached hydrogen (secondary N) is 1. The Morgan fingerprint density at radius 1 is 0.960 bits per heavy atom. The Labute approximate surface area is 158 Å². The van der Waals surface area contributed by atoms with Gasteiger partial charge in [0.15, 0.2) is 0 Å². The maximum atomic E-state index is 12.0. The minimum absolute atomic E-state index is 0.427. The average molecular weight is 454 g/mol. The molecule has 142 valence electrons. The predicted molar refractivity (Wildman–Crippen MR) is 110 cm³/mol. The number of aliphatic carboxylic acids is 1. The van der Waals surface area contributed by atoms with Crippen LogP contribution in [0, 0.1) is 0 Å². The van der Waals surface area contributed by atoms with Crippen LogP contribution in [0.15, 0.2) is 30.3 Å². The summed E-state index contributed by atoms with van der Waals surface area (Å²) in [6.07, 6.45) is 7.94. The molecule has 0 saturated heterocycles. The van der Waals surface area contributed by atoms with Crippen molar-refractivity contribution < 1.29 is 9.90 Å². The van der Waals surface area contributed by atoms with Gasteiger partial charge < -0.3 is 0 Å².